The van der Waals surface area contributed by atoms with Gasteiger partial charge >= 0.3 is 0 Å². The minimum absolute atomic E-state index is 0.605. The predicted molar refractivity (Wildman–Crippen MR) is 188 cm³/mol. The maximum atomic E-state index is 11.0. The van der Waals surface area contributed by atoms with Crippen LogP contribution in [0.15, 0.2) is 46.2 Å². The third kappa shape index (κ3) is 9.62. The molecule has 2 N–H and O–H groups in total. The molecule has 0 aromatic heterocycles. The molecule has 2 aromatic carbocycles. The maximum Gasteiger partial charge on any atom is 0.244 e. The van der Waals surface area contributed by atoms with Crippen molar-refractivity contribution < 1.29 is 9.79 Å². The Morgan fingerprint density at radius 1 is 0.576 bits per heavy atom. The number of alkyl halides is 12. The number of rotatable bonds is 2. The fourth-order valence-electron chi connectivity index (χ4n) is 2.55. The number of hydrogen-bond acceptors (Lipinski definition) is 0. The fourth-order valence-corrected chi connectivity index (χ4v) is 12.7. The van der Waals surface area contributed by atoms with Crippen molar-refractivity contribution in [3.63, 3.8) is 0 Å². The van der Waals surface area contributed by atoms with E-state index in [0.29, 0.717) is 20.9 Å². The van der Waals surface area contributed by atoms with Crippen LogP contribution >= 0.6 is 208 Å². The Labute approximate surface area is 299 Å². The van der Waals surface area contributed by atoms with Gasteiger partial charge in [0.25, 0.3) is 0 Å². The van der Waals surface area contributed by atoms with E-state index < -0.39 is 24.5 Å². The van der Waals surface area contributed by atoms with Crippen molar-refractivity contribution in [3.8, 4) is 0 Å². The second-order valence-corrected chi connectivity index (χ2v) is 40.2. The normalized spacial score (nSPS) is 14.2. The van der Waals surface area contributed by atoms with Gasteiger partial charge in [-0.05, 0) is 34.5 Å². The van der Waals surface area contributed by atoms with E-state index in [-0.39, 0.29) is 0 Å². The van der Waals surface area contributed by atoms with Gasteiger partial charge in [0.1, 0.15) is 0 Å². The summed E-state index contributed by atoms with van der Waals surface area (Å²) in [5, 5.41) is 0. The van der Waals surface area contributed by atoms with E-state index in [1.54, 1.807) is 0 Å². The predicted octanol–water partition coefficient (Wildman–Crippen LogP) is 12.8. The first-order valence-corrected chi connectivity index (χ1v) is 21.8. The molecule has 0 unspecified atom stereocenters. The topological polar surface area (TPSA) is 40.5 Å². The van der Waals surface area contributed by atoms with E-state index in [1.807, 2.05) is 36.4 Å². The van der Waals surface area contributed by atoms with Crippen LogP contribution in [0.4, 0.5) is 0 Å². The van der Waals surface area contributed by atoms with Crippen LogP contribution in [0.2, 0.25) is 0 Å². The van der Waals surface area contributed by atoms with Gasteiger partial charge in [-0.25, -0.2) is 0 Å². The first kappa shape index (κ1) is 34.4. The Balaban J connectivity index is 3.13. The highest BCUT2D eigenvalue weighted by molar-refractivity contribution is 9.39. The summed E-state index contributed by atoms with van der Waals surface area (Å²) in [6.07, 6.45) is 0. The first-order chi connectivity index (χ1) is 14.5. The largest absolute Gasteiger partial charge is 0.337 e. The van der Waals surface area contributed by atoms with Gasteiger partial charge in [-0.1, -0.05) is 225 Å². The van der Waals surface area contributed by atoms with Crippen LogP contribution in [0.5, 0.6) is 0 Å². The lowest BCUT2D eigenvalue weighted by atomic mass is 10.2. The molecule has 17 heteroatoms. The van der Waals surface area contributed by atoms with Gasteiger partial charge in [-0.3, -0.25) is 0 Å². The minimum atomic E-state index is -4.02. The van der Waals surface area contributed by atoms with Crippen LogP contribution in [0.1, 0.15) is 22.3 Å². The summed E-state index contributed by atoms with van der Waals surface area (Å²) in [4.78, 5) is 23.3. The van der Waals surface area contributed by atoms with Gasteiger partial charge in [0.2, 0.25) is 5.84 Å². The molecule has 0 saturated heterocycles. The average Bonchev–Trinajstić information content (AvgIpc) is 2.57. The van der Waals surface area contributed by atoms with Gasteiger partial charge in [0, 0.05) is 20.9 Å². The van der Waals surface area contributed by atoms with E-state index in [1.165, 1.54) is 0 Å². The molecule has 0 heterocycles. The molecule has 0 fully saturated rings. The average molecular weight is 1290 g/mol. The summed E-state index contributed by atoms with van der Waals surface area (Å²) >= 11 is 49.2. The lowest BCUT2D eigenvalue weighted by Crippen LogP contribution is -2.13. The van der Waals surface area contributed by atoms with Crippen LogP contribution in [0.3, 0.4) is 0 Å². The molecule has 0 aliphatic rings. The van der Waals surface area contributed by atoms with Crippen molar-refractivity contribution in [1.82, 2.24) is 0 Å². The van der Waals surface area contributed by atoms with Crippen molar-refractivity contribution in [2.75, 3.05) is 0 Å². The highest BCUT2D eigenvalue weighted by Crippen LogP contribution is 2.59. The fraction of sp³-hybridized carbons (Fsp3) is 0.250. The smallest absolute Gasteiger partial charge is 0.244 e. The molecule has 0 saturated carbocycles. The Bertz CT molecular complexity index is 1030. The van der Waals surface area contributed by atoms with Gasteiger partial charge in [0.15, 0.2) is 8.57 Å². The molecule has 0 atom stereocenters. The number of benzene rings is 2. The second kappa shape index (κ2) is 12.6. The summed E-state index contributed by atoms with van der Waals surface area (Å²) < 4.78 is -3.15. The van der Waals surface area contributed by atoms with Gasteiger partial charge in [-0.2, -0.15) is 0 Å². The third-order valence-corrected chi connectivity index (χ3v) is 15.0. The van der Waals surface area contributed by atoms with Gasteiger partial charge in [0.05, 0.1) is 0 Å². The zero-order valence-corrected chi connectivity index (χ0v) is 36.6. The lowest BCUT2D eigenvalue weighted by molar-refractivity contribution is 0.499. The second-order valence-electron chi connectivity index (χ2n) is 6.17. The van der Waals surface area contributed by atoms with Crippen LogP contribution in [-0.2, 0) is 18.6 Å². The van der Waals surface area contributed by atoms with E-state index in [4.69, 9.17) is 11.2 Å². The monoisotopic (exact) mass is 1280 g/mol. The standard InChI is InChI=1S/C16H8Br12ClO2PS/c17-13(18,19)7-1-3-9(15(23,24)25)11(5-7)33(32(29,30)31)12-6-8(14(20,21)22)2-4-10(12)16(26,27)28/h1-6,30-31H. The van der Waals surface area contributed by atoms with Crippen LogP contribution < -0.4 is 0 Å². The quantitative estimate of drug-likeness (QED) is 0.232. The van der Waals surface area contributed by atoms with Crippen molar-refractivity contribution in [2.24, 2.45) is 0 Å². The molecule has 0 aliphatic heterocycles. The summed E-state index contributed by atoms with van der Waals surface area (Å²) in [5.41, 5.74) is 3.00. The van der Waals surface area contributed by atoms with E-state index in [9.17, 15) is 9.79 Å². The molecular weight excluding hydrogens is 1280 g/mol. The van der Waals surface area contributed by atoms with Gasteiger partial charge in [-0.15, -0.1) is 0 Å². The van der Waals surface area contributed by atoms with E-state index >= 15 is 0 Å². The highest BCUT2D eigenvalue weighted by Gasteiger charge is 2.35. The third-order valence-electron chi connectivity index (χ3n) is 3.88. The van der Waals surface area contributed by atoms with Crippen LogP contribution in [0, 0.1) is 0 Å². The molecular formula is C16H8Br12ClO2PS. The highest BCUT2D eigenvalue weighted by atomic mass is 80.0. The molecule has 2 nitrogen and oxygen atoms in total. The maximum absolute atomic E-state index is 11.0. The van der Waals surface area contributed by atoms with Crippen molar-refractivity contribution in [1.29, 1.82) is 0 Å². The van der Waals surface area contributed by atoms with E-state index in [0.717, 1.165) is 11.1 Å². The summed E-state index contributed by atoms with van der Waals surface area (Å²) in [5.74, 6) is -4.02. The molecule has 0 spiro atoms. The molecule has 0 bridgehead atoms. The molecule has 186 valence electrons. The minimum Gasteiger partial charge on any atom is -0.337 e. The Morgan fingerprint density at radius 3 is 1.09 bits per heavy atom. The van der Waals surface area contributed by atoms with Crippen LogP contribution in [-0.4, -0.2) is 9.79 Å². The van der Waals surface area contributed by atoms with Crippen molar-refractivity contribution >= 4 is 218 Å². The molecule has 0 radical (unpaired) electrons. The van der Waals surface area contributed by atoms with Crippen LogP contribution in [0.25, 0.3) is 0 Å². The molecule has 2 aromatic rings. The first-order valence-electron chi connectivity index (χ1n) is 7.90. The Kier molecular flexibility index (Phi) is 13.1. The summed E-state index contributed by atoms with van der Waals surface area (Å²) in [6.45, 7) is 0. The van der Waals surface area contributed by atoms with Gasteiger partial charge < -0.3 is 9.79 Å². The zero-order valence-electron chi connectivity index (χ0n) is 15.1. The molecule has 0 amide bonds. The Morgan fingerprint density at radius 2 is 0.879 bits per heavy atom. The van der Waals surface area contributed by atoms with E-state index in [2.05, 4.69) is 191 Å². The summed E-state index contributed by atoms with van der Waals surface area (Å²) in [6, 6.07) is 11.2. The zero-order chi connectivity index (χ0) is 25.8. The Hall–Kier alpha value is 5.19. The van der Waals surface area contributed by atoms with Crippen molar-refractivity contribution in [2.45, 2.75) is 18.4 Å². The number of halogens is 13. The summed E-state index contributed by atoms with van der Waals surface area (Å²) in [7, 11) is -1.39. The SMILES string of the molecule is OP(O)(Cl)=S(c1cc(C(Br)(Br)Br)ccc1C(Br)(Br)Br)c1cc(C(Br)(Br)Br)ccc1C(Br)(Br)Br. The molecule has 0 aliphatic carbocycles. The van der Waals surface area contributed by atoms with Crippen molar-refractivity contribution in [3.05, 3.63) is 58.7 Å². The lowest BCUT2D eigenvalue weighted by Gasteiger charge is -2.28. The number of hydrogen-bond donors (Lipinski definition) is 2. The molecule has 2 rings (SSSR count). The molecule has 33 heavy (non-hydrogen) atoms.